The van der Waals surface area contributed by atoms with E-state index in [-0.39, 0.29) is 11.7 Å². The Morgan fingerprint density at radius 1 is 1.14 bits per heavy atom. The van der Waals surface area contributed by atoms with Crippen molar-refractivity contribution < 1.29 is 9.47 Å². The van der Waals surface area contributed by atoms with E-state index in [0.717, 1.165) is 26.1 Å². The quantitative estimate of drug-likeness (QED) is 0.624. The summed E-state index contributed by atoms with van der Waals surface area (Å²) in [4.78, 5) is 0. The molecule has 1 aliphatic rings. The molecule has 0 atom stereocenters. The number of unbranched alkanes of at least 4 members (excludes halogenated alkanes) is 2. The monoisotopic (exact) mass is 302 g/mol. The standard InChI is InChI=1S/C20H30O2/c1-4-6-8-13-18(14-17-11-9-7-10-12-17)19-21-15-20(3,5-2)16-22-19/h7,9-12,14,19H,4-6,8,13,15-16H2,1-3H3. The molecule has 0 aliphatic carbocycles. The molecule has 0 saturated carbocycles. The van der Waals surface area contributed by atoms with Gasteiger partial charge >= 0.3 is 0 Å². The van der Waals surface area contributed by atoms with Gasteiger partial charge in [0.1, 0.15) is 0 Å². The lowest BCUT2D eigenvalue weighted by Gasteiger charge is -2.37. The first-order chi connectivity index (χ1) is 10.7. The molecule has 1 aromatic rings. The third kappa shape index (κ3) is 4.96. The third-order valence-corrected chi connectivity index (χ3v) is 4.54. The summed E-state index contributed by atoms with van der Waals surface area (Å²) < 4.78 is 12.1. The highest BCUT2D eigenvalue weighted by atomic mass is 16.7. The van der Waals surface area contributed by atoms with Crippen LogP contribution < -0.4 is 0 Å². The fourth-order valence-electron chi connectivity index (χ4n) is 2.66. The van der Waals surface area contributed by atoms with Gasteiger partial charge in [-0.3, -0.25) is 0 Å². The van der Waals surface area contributed by atoms with Crippen molar-refractivity contribution >= 4 is 6.08 Å². The Balaban J connectivity index is 2.06. The summed E-state index contributed by atoms with van der Waals surface area (Å²) in [6, 6.07) is 10.5. The summed E-state index contributed by atoms with van der Waals surface area (Å²) in [5, 5.41) is 0. The molecule has 0 N–H and O–H groups in total. The molecule has 0 aromatic heterocycles. The highest BCUT2D eigenvalue weighted by Crippen LogP contribution is 2.31. The van der Waals surface area contributed by atoms with E-state index in [2.05, 4.69) is 51.1 Å². The Hall–Kier alpha value is -1.12. The van der Waals surface area contributed by atoms with Gasteiger partial charge in [0, 0.05) is 5.41 Å². The first-order valence-electron chi connectivity index (χ1n) is 8.65. The van der Waals surface area contributed by atoms with Crippen LogP contribution in [0, 0.1) is 5.41 Å². The number of benzene rings is 1. The maximum atomic E-state index is 6.06. The minimum atomic E-state index is -0.170. The smallest absolute Gasteiger partial charge is 0.180 e. The van der Waals surface area contributed by atoms with Crippen LogP contribution >= 0.6 is 0 Å². The van der Waals surface area contributed by atoms with Crippen LogP contribution in [0.4, 0.5) is 0 Å². The van der Waals surface area contributed by atoms with Crippen LogP contribution in [0.25, 0.3) is 6.08 Å². The fraction of sp³-hybridized carbons (Fsp3) is 0.600. The molecule has 0 spiro atoms. The largest absolute Gasteiger partial charge is 0.348 e. The Morgan fingerprint density at radius 3 is 2.41 bits per heavy atom. The molecule has 0 bridgehead atoms. The zero-order valence-electron chi connectivity index (χ0n) is 14.3. The first-order valence-corrected chi connectivity index (χ1v) is 8.65. The molecule has 0 amide bonds. The van der Waals surface area contributed by atoms with Crippen LogP contribution in [0.3, 0.4) is 0 Å². The van der Waals surface area contributed by atoms with Gasteiger partial charge in [-0.1, -0.05) is 70.0 Å². The molecule has 1 aromatic carbocycles. The molecule has 22 heavy (non-hydrogen) atoms. The molecule has 1 fully saturated rings. The Morgan fingerprint density at radius 2 is 1.82 bits per heavy atom. The van der Waals surface area contributed by atoms with Crippen molar-refractivity contribution in [3.63, 3.8) is 0 Å². The normalized spacial score (nSPS) is 26.1. The zero-order valence-corrected chi connectivity index (χ0v) is 14.3. The maximum absolute atomic E-state index is 6.06. The van der Waals surface area contributed by atoms with Crippen LogP contribution in [0.2, 0.25) is 0 Å². The van der Waals surface area contributed by atoms with Crippen LogP contribution in [-0.4, -0.2) is 19.5 Å². The van der Waals surface area contributed by atoms with E-state index in [0.29, 0.717) is 0 Å². The van der Waals surface area contributed by atoms with Crippen molar-refractivity contribution in [2.24, 2.45) is 5.41 Å². The van der Waals surface area contributed by atoms with Crippen molar-refractivity contribution in [2.45, 2.75) is 59.2 Å². The summed E-state index contributed by atoms with van der Waals surface area (Å²) in [5.74, 6) is 0. The molecular weight excluding hydrogens is 272 g/mol. The van der Waals surface area contributed by atoms with Crippen molar-refractivity contribution in [1.29, 1.82) is 0 Å². The Labute approximate surface area is 135 Å². The minimum absolute atomic E-state index is 0.164. The van der Waals surface area contributed by atoms with E-state index >= 15 is 0 Å². The van der Waals surface area contributed by atoms with Gasteiger partial charge in [0.15, 0.2) is 6.29 Å². The second-order valence-corrected chi connectivity index (χ2v) is 6.71. The lowest BCUT2D eigenvalue weighted by molar-refractivity contribution is -0.208. The highest BCUT2D eigenvalue weighted by Gasteiger charge is 2.32. The lowest BCUT2D eigenvalue weighted by atomic mass is 9.89. The lowest BCUT2D eigenvalue weighted by Crippen LogP contribution is -2.40. The fourth-order valence-corrected chi connectivity index (χ4v) is 2.66. The van der Waals surface area contributed by atoms with Crippen LogP contribution in [0.15, 0.2) is 35.9 Å². The molecular formula is C20H30O2. The number of ether oxygens (including phenoxy) is 2. The van der Waals surface area contributed by atoms with Crippen molar-refractivity contribution in [3.05, 3.63) is 41.5 Å². The summed E-state index contributed by atoms with van der Waals surface area (Å²) in [6.07, 6.45) is 7.91. The average molecular weight is 302 g/mol. The van der Waals surface area contributed by atoms with E-state index in [1.165, 1.54) is 30.4 Å². The summed E-state index contributed by atoms with van der Waals surface area (Å²) in [5.41, 5.74) is 2.67. The predicted octanol–water partition coefficient (Wildman–Crippen LogP) is 5.44. The van der Waals surface area contributed by atoms with Crippen LogP contribution in [-0.2, 0) is 9.47 Å². The predicted molar refractivity (Wildman–Crippen MR) is 92.7 cm³/mol. The zero-order chi connectivity index (χ0) is 15.8. The van der Waals surface area contributed by atoms with Gasteiger partial charge in [-0.2, -0.15) is 0 Å². The number of hydrogen-bond donors (Lipinski definition) is 0. The Bertz CT molecular complexity index is 456. The third-order valence-electron chi connectivity index (χ3n) is 4.54. The molecule has 122 valence electrons. The van der Waals surface area contributed by atoms with Gasteiger partial charge in [0.25, 0.3) is 0 Å². The van der Waals surface area contributed by atoms with Crippen molar-refractivity contribution in [2.75, 3.05) is 13.2 Å². The SMILES string of the molecule is CCCCCC(=Cc1ccccc1)C1OCC(C)(CC)CO1. The van der Waals surface area contributed by atoms with Crippen LogP contribution in [0.1, 0.15) is 58.4 Å². The molecule has 2 heteroatoms. The van der Waals surface area contributed by atoms with E-state index in [9.17, 15) is 0 Å². The van der Waals surface area contributed by atoms with E-state index in [1.54, 1.807) is 0 Å². The van der Waals surface area contributed by atoms with Gasteiger partial charge < -0.3 is 9.47 Å². The van der Waals surface area contributed by atoms with E-state index in [1.807, 2.05) is 6.07 Å². The second-order valence-electron chi connectivity index (χ2n) is 6.71. The average Bonchev–Trinajstić information content (AvgIpc) is 2.56. The summed E-state index contributed by atoms with van der Waals surface area (Å²) in [6.45, 7) is 8.25. The van der Waals surface area contributed by atoms with Crippen molar-refractivity contribution in [3.8, 4) is 0 Å². The molecule has 0 unspecified atom stereocenters. The molecule has 2 rings (SSSR count). The highest BCUT2D eigenvalue weighted by molar-refractivity contribution is 5.53. The minimum Gasteiger partial charge on any atom is -0.348 e. The summed E-state index contributed by atoms with van der Waals surface area (Å²) >= 11 is 0. The van der Waals surface area contributed by atoms with Gasteiger partial charge in [-0.15, -0.1) is 0 Å². The molecule has 1 heterocycles. The van der Waals surface area contributed by atoms with Crippen molar-refractivity contribution in [1.82, 2.24) is 0 Å². The van der Waals surface area contributed by atoms with E-state index < -0.39 is 0 Å². The van der Waals surface area contributed by atoms with Gasteiger partial charge in [0.05, 0.1) is 13.2 Å². The molecule has 2 nitrogen and oxygen atoms in total. The Kier molecular flexibility index (Phi) is 6.66. The van der Waals surface area contributed by atoms with Gasteiger partial charge in [-0.25, -0.2) is 0 Å². The maximum Gasteiger partial charge on any atom is 0.180 e. The van der Waals surface area contributed by atoms with Gasteiger partial charge in [0.2, 0.25) is 0 Å². The molecule has 1 aliphatic heterocycles. The first kappa shape index (κ1) is 17.2. The second kappa shape index (κ2) is 8.50. The topological polar surface area (TPSA) is 18.5 Å². The number of rotatable bonds is 7. The molecule has 0 radical (unpaired) electrons. The van der Waals surface area contributed by atoms with Crippen LogP contribution in [0.5, 0.6) is 0 Å². The molecule has 1 saturated heterocycles. The van der Waals surface area contributed by atoms with Gasteiger partial charge in [-0.05, 0) is 30.4 Å². The number of hydrogen-bond acceptors (Lipinski definition) is 2. The summed E-state index contributed by atoms with van der Waals surface area (Å²) in [7, 11) is 0. The van der Waals surface area contributed by atoms with E-state index in [4.69, 9.17) is 9.47 Å².